The Morgan fingerprint density at radius 3 is 2.55 bits per heavy atom. The molecule has 0 amide bonds. The topological polar surface area (TPSA) is 39.1 Å². The second kappa shape index (κ2) is 6.88. The Bertz CT molecular complexity index is 447. The van der Waals surface area contributed by atoms with E-state index in [9.17, 15) is 5.26 Å². The van der Waals surface area contributed by atoms with Crippen molar-refractivity contribution in [1.82, 2.24) is 10.2 Å². The van der Waals surface area contributed by atoms with Crippen molar-refractivity contribution < 1.29 is 0 Å². The van der Waals surface area contributed by atoms with E-state index in [1.165, 1.54) is 12.8 Å². The van der Waals surface area contributed by atoms with Gasteiger partial charge in [-0.3, -0.25) is 10.2 Å². The molecule has 0 saturated heterocycles. The van der Waals surface area contributed by atoms with Gasteiger partial charge in [-0.25, -0.2) is 0 Å². The molecule has 3 nitrogen and oxygen atoms in total. The molecule has 3 heteroatoms. The fraction of sp³-hybridized carbons (Fsp3) is 0.588. The first-order valence-corrected chi connectivity index (χ1v) is 7.62. The predicted octanol–water partition coefficient (Wildman–Crippen LogP) is 2.75. The number of nitriles is 1. The number of rotatable bonds is 8. The van der Waals surface area contributed by atoms with Crippen LogP contribution in [0.5, 0.6) is 0 Å². The molecule has 1 N–H and O–H groups in total. The lowest BCUT2D eigenvalue weighted by Gasteiger charge is -2.33. The van der Waals surface area contributed by atoms with Crippen LogP contribution in [0.25, 0.3) is 0 Å². The first kappa shape index (κ1) is 15.0. The Hall–Kier alpha value is -1.37. The van der Waals surface area contributed by atoms with Crippen molar-refractivity contribution in [2.75, 3.05) is 26.7 Å². The molecule has 1 atom stereocenters. The molecular formula is C17H25N3. The van der Waals surface area contributed by atoms with E-state index in [0.717, 1.165) is 37.5 Å². The van der Waals surface area contributed by atoms with Crippen molar-refractivity contribution in [3.05, 3.63) is 35.9 Å². The molecule has 1 aromatic rings. The lowest BCUT2D eigenvalue weighted by molar-refractivity contribution is 0.209. The highest BCUT2D eigenvalue weighted by atomic mass is 15.2. The summed E-state index contributed by atoms with van der Waals surface area (Å²) in [6.07, 6.45) is 3.84. The van der Waals surface area contributed by atoms with Crippen LogP contribution in [0.15, 0.2) is 30.3 Å². The van der Waals surface area contributed by atoms with E-state index in [0.29, 0.717) is 0 Å². The van der Waals surface area contributed by atoms with Crippen molar-refractivity contribution >= 4 is 0 Å². The first-order valence-electron chi connectivity index (χ1n) is 7.62. The second-order valence-electron chi connectivity index (χ2n) is 5.81. The van der Waals surface area contributed by atoms with E-state index < -0.39 is 5.54 Å². The van der Waals surface area contributed by atoms with Crippen molar-refractivity contribution in [1.29, 1.82) is 5.26 Å². The summed E-state index contributed by atoms with van der Waals surface area (Å²) in [5, 5.41) is 13.0. The van der Waals surface area contributed by atoms with E-state index in [2.05, 4.69) is 23.2 Å². The molecule has 2 rings (SSSR count). The number of nitrogens with one attached hydrogen (secondary N) is 1. The summed E-state index contributed by atoms with van der Waals surface area (Å²) >= 11 is 0. The maximum atomic E-state index is 9.76. The van der Waals surface area contributed by atoms with E-state index in [4.69, 9.17) is 0 Å². The smallest absolute Gasteiger partial charge is 0.144 e. The average Bonchev–Trinajstić information content (AvgIpc) is 3.30. The largest absolute Gasteiger partial charge is 0.300 e. The summed E-state index contributed by atoms with van der Waals surface area (Å²) in [6.45, 7) is 5.16. The Balaban J connectivity index is 2.16. The van der Waals surface area contributed by atoms with Gasteiger partial charge in [-0.2, -0.15) is 5.26 Å². The van der Waals surface area contributed by atoms with E-state index >= 15 is 0 Å². The van der Waals surface area contributed by atoms with Crippen LogP contribution in [0.2, 0.25) is 0 Å². The van der Waals surface area contributed by atoms with E-state index in [-0.39, 0.29) is 0 Å². The molecule has 0 aromatic heterocycles. The maximum absolute atomic E-state index is 9.76. The quantitative estimate of drug-likeness (QED) is 0.790. The molecule has 0 aliphatic heterocycles. The Labute approximate surface area is 122 Å². The van der Waals surface area contributed by atoms with Gasteiger partial charge < -0.3 is 0 Å². The van der Waals surface area contributed by atoms with Crippen LogP contribution >= 0.6 is 0 Å². The normalized spacial score (nSPS) is 17.7. The van der Waals surface area contributed by atoms with Crippen LogP contribution in [0.4, 0.5) is 0 Å². The highest BCUT2D eigenvalue weighted by Gasteiger charge is 2.34. The minimum absolute atomic E-state index is 0.606. The fourth-order valence-electron chi connectivity index (χ4n) is 2.75. The summed E-state index contributed by atoms with van der Waals surface area (Å²) in [5.41, 5.74) is 0.451. The van der Waals surface area contributed by atoms with Gasteiger partial charge in [-0.05, 0) is 44.3 Å². The van der Waals surface area contributed by atoms with Gasteiger partial charge in [0.15, 0.2) is 0 Å². The monoisotopic (exact) mass is 271 g/mol. The summed E-state index contributed by atoms with van der Waals surface area (Å²) in [5.74, 6) is 0.852. The summed E-state index contributed by atoms with van der Waals surface area (Å²) in [7, 11) is 1.89. The van der Waals surface area contributed by atoms with Crippen molar-refractivity contribution in [2.45, 2.75) is 31.7 Å². The SMILES string of the molecule is CCCN(CC1CC1)CC(C#N)(NC)c1ccccc1. The number of hydrogen-bond acceptors (Lipinski definition) is 3. The lowest BCUT2D eigenvalue weighted by atomic mass is 9.90. The van der Waals surface area contributed by atoms with Crippen molar-refractivity contribution in [2.24, 2.45) is 5.92 Å². The van der Waals surface area contributed by atoms with Crippen LogP contribution in [0, 0.1) is 17.2 Å². The molecule has 1 aromatic carbocycles. The van der Waals surface area contributed by atoms with Gasteiger partial charge in [0.05, 0.1) is 6.07 Å². The number of benzene rings is 1. The summed E-state index contributed by atoms with van der Waals surface area (Å²) in [6, 6.07) is 12.6. The molecule has 0 spiro atoms. The number of likely N-dealkylation sites (N-methyl/N-ethyl adjacent to an activating group) is 1. The lowest BCUT2D eigenvalue weighted by Crippen LogP contribution is -2.49. The van der Waals surface area contributed by atoms with Gasteiger partial charge in [0.25, 0.3) is 0 Å². The van der Waals surface area contributed by atoms with Gasteiger partial charge >= 0.3 is 0 Å². The molecule has 1 aliphatic rings. The molecule has 1 aliphatic carbocycles. The number of hydrogen-bond donors (Lipinski definition) is 1. The summed E-state index contributed by atoms with van der Waals surface area (Å²) in [4.78, 5) is 2.45. The Morgan fingerprint density at radius 1 is 1.35 bits per heavy atom. The third-order valence-electron chi connectivity index (χ3n) is 4.10. The molecule has 108 valence electrons. The highest BCUT2D eigenvalue weighted by molar-refractivity contribution is 5.32. The van der Waals surface area contributed by atoms with Crippen LogP contribution in [0.3, 0.4) is 0 Å². The Morgan fingerprint density at radius 2 is 2.05 bits per heavy atom. The third-order valence-corrected chi connectivity index (χ3v) is 4.10. The van der Waals surface area contributed by atoms with Crippen LogP contribution < -0.4 is 5.32 Å². The fourth-order valence-corrected chi connectivity index (χ4v) is 2.75. The van der Waals surface area contributed by atoms with E-state index in [1.54, 1.807) is 0 Å². The van der Waals surface area contributed by atoms with Crippen molar-refractivity contribution in [3.63, 3.8) is 0 Å². The van der Waals surface area contributed by atoms with Gasteiger partial charge in [0.1, 0.15) is 5.54 Å². The predicted molar refractivity (Wildman–Crippen MR) is 82.2 cm³/mol. The van der Waals surface area contributed by atoms with Crippen LogP contribution in [0.1, 0.15) is 31.7 Å². The second-order valence-corrected chi connectivity index (χ2v) is 5.81. The zero-order chi connectivity index (χ0) is 14.4. The molecule has 1 saturated carbocycles. The first-order chi connectivity index (χ1) is 9.74. The Kier molecular flexibility index (Phi) is 5.17. The molecule has 20 heavy (non-hydrogen) atoms. The molecule has 1 unspecified atom stereocenters. The average molecular weight is 271 g/mol. The van der Waals surface area contributed by atoms with Gasteiger partial charge in [-0.1, -0.05) is 37.3 Å². The van der Waals surface area contributed by atoms with Gasteiger partial charge in [0, 0.05) is 13.1 Å². The van der Waals surface area contributed by atoms with Crippen LogP contribution in [-0.4, -0.2) is 31.6 Å². The van der Waals surface area contributed by atoms with Crippen molar-refractivity contribution in [3.8, 4) is 6.07 Å². The standard InChI is InChI=1S/C17H25N3/c1-3-11-20(12-15-9-10-15)14-17(13-18,19-2)16-7-5-4-6-8-16/h4-8,15,19H,3,9-12,14H2,1-2H3. The zero-order valence-corrected chi connectivity index (χ0v) is 12.6. The maximum Gasteiger partial charge on any atom is 0.144 e. The molecule has 0 bridgehead atoms. The molecule has 0 radical (unpaired) electrons. The minimum Gasteiger partial charge on any atom is -0.300 e. The molecular weight excluding hydrogens is 246 g/mol. The number of nitrogens with zero attached hydrogens (tertiary/aromatic N) is 2. The highest BCUT2D eigenvalue weighted by Crippen LogP contribution is 2.31. The third kappa shape index (κ3) is 3.59. The minimum atomic E-state index is -0.606. The van der Waals surface area contributed by atoms with Gasteiger partial charge in [-0.15, -0.1) is 0 Å². The molecule has 1 fully saturated rings. The van der Waals surface area contributed by atoms with Gasteiger partial charge in [0.2, 0.25) is 0 Å². The zero-order valence-electron chi connectivity index (χ0n) is 12.6. The molecule has 0 heterocycles. The van der Waals surface area contributed by atoms with Crippen LogP contribution in [-0.2, 0) is 5.54 Å². The van der Waals surface area contributed by atoms with E-state index in [1.807, 2.05) is 37.4 Å². The summed E-state index contributed by atoms with van der Waals surface area (Å²) < 4.78 is 0.